The zero-order valence-corrected chi connectivity index (χ0v) is 12.6. The van der Waals surface area contributed by atoms with Gasteiger partial charge in [-0.1, -0.05) is 11.6 Å². The first-order valence-corrected chi connectivity index (χ1v) is 7.07. The highest BCUT2D eigenvalue weighted by atomic mass is 35.5. The number of benzene rings is 1. The minimum Gasteiger partial charge on any atom is -0.336 e. The van der Waals surface area contributed by atoms with E-state index in [0.717, 1.165) is 0 Å². The van der Waals surface area contributed by atoms with Crippen molar-refractivity contribution in [3.63, 3.8) is 0 Å². The van der Waals surface area contributed by atoms with Crippen LogP contribution in [0.3, 0.4) is 0 Å². The Balaban J connectivity index is 1.85. The summed E-state index contributed by atoms with van der Waals surface area (Å²) in [6, 6.07) is 4.62. The van der Waals surface area contributed by atoms with Crippen molar-refractivity contribution in [2.24, 2.45) is 7.05 Å². The quantitative estimate of drug-likeness (QED) is 0.906. The molecule has 1 saturated heterocycles. The molecule has 22 heavy (non-hydrogen) atoms. The summed E-state index contributed by atoms with van der Waals surface area (Å²) < 4.78 is 1.59. The van der Waals surface area contributed by atoms with E-state index in [4.69, 9.17) is 11.6 Å². The van der Waals surface area contributed by atoms with E-state index in [0.29, 0.717) is 35.1 Å². The molecule has 0 bridgehead atoms. The minimum absolute atomic E-state index is 0.216. The number of hydrogen-bond donors (Lipinski definition) is 2. The van der Waals surface area contributed by atoms with Crippen LogP contribution < -0.4 is 15.5 Å². The number of nitrogens with zero attached hydrogens (tertiary/aromatic N) is 3. The van der Waals surface area contributed by atoms with E-state index in [-0.39, 0.29) is 11.9 Å². The summed E-state index contributed by atoms with van der Waals surface area (Å²) in [5.74, 6) is -0.287. The molecule has 0 radical (unpaired) electrons. The first-order valence-electron chi connectivity index (χ1n) is 6.69. The summed E-state index contributed by atoms with van der Waals surface area (Å²) in [7, 11) is 1.77. The minimum atomic E-state index is -0.287. The normalized spacial score (nSPS) is 14.1. The van der Waals surface area contributed by atoms with Gasteiger partial charge in [-0.05, 0) is 18.2 Å². The van der Waals surface area contributed by atoms with E-state index in [1.807, 2.05) is 0 Å². The van der Waals surface area contributed by atoms with Crippen molar-refractivity contribution in [3.05, 3.63) is 41.2 Å². The highest BCUT2D eigenvalue weighted by Crippen LogP contribution is 2.28. The first-order chi connectivity index (χ1) is 10.5. The van der Waals surface area contributed by atoms with Crippen LogP contribution in [0.5, 0.6) is 0 Å². The number of hydrogen-bond acceptors (Lipinski definition) is 3. The first kappa shape index (κ1) is 14.4. The fourth-order valence-corrected chi connectivity index (χ4v) is 2.47. The molecule has 0 aliphatic carbocycles. The summed E-state index contributed by atoms with van der Waals surface area (Å²) in [5.41, 5.74) is 1.54. The Labute approximate surface area is 131 Å². The molecular formula is C14H14ClN5O2. The van der Waals surface area contributed by atoms with Crippen LogP contribution in [0, 0.1) is 0 Å². The second-order valence-electron chi connectivity index (χ2n) is 4.91. The van der Waals surface area contributed by atoms with Gasteiger partial charge in [0.25, 0.3) is 5.91 Å². The van der Waals surface area contributed by atoms with Gasteiger partial charge < -0.3 is 10.6 Å². The number of halogens is 1. The maximum atomic E-state index is 12.3. The predicted molar refractivity (Wildman–Crippen MR) is 83.4 cm³/mol. The van der Waals surface area contributed by atoms with Crippen molar-refractivity contribution in [2.45, 2.75) is 0 Å². The number of aromatic nitrogens is 2. The maximum absolute atomic E-state index is 12.3. The van der Waals surface area contributed by atoms with Gasteiger partial charge in [-0.25, -0.2) is 4.79 Å². The molecule has 1 aliphatic rings. The Morgan fingerprint density at radius 1 is 1.45 bits per heavy atom. The van der Waals surface area contributed by atoms with Crippen molar-refractivity contribution in [1.82, 2.24) is 15.1 Å². The number of aryl methyl sites for hydroxylation is 1. The molecule has 0 saturated carbocycles. The molecule has 3 rings (SSSR count). The highest BCUT2D eigenvalue weighted by Gasteiger charge is 2.24. The molecule has 1 aromatic heterocycles. The van der Waals surface area contributed by atoms with E-state index in [1.165, 1.54) is 4.90 Å². The van der Waals surface area contributed by atoms with Crippen LogP contribution in [-0.2, 0) is 7.05 Å². The van der Waals surface area contributed by atoms with Gasteiger partial charge in [0.05, 0.1) is 22.6 Å². The van der Waals surface area contributed by atoms with Gasteiger partial charge in [0, 0.05) is 31.9 Å². The molecule has 0 unspecified atom stereocenters. The van der Waals surface area contributed by atoms with Gasteiger partial charge in [-0.3, -0.25) is 14.4 Å². The summed E-state index contributed by atoms with van der Waals surface area (Å²) in [4.78, 5) is 25.5. The molecule has 1 fully saturated rings. The molecule has 2 aromatic rings. The molecule has 1 aromatic carbocycles. The van der Waals surface area contributed by atoms with Crippen LogP contribution in [0.1, 0.15) is 10.4 Å². The molecule has 0 atom stereocenters. The number of amides is 3. The van der Waals surface area contributed by atoms with Crippen LogP contribution >= 0.6 is 11.6 Å². The van der Waals surface area contributed by atoms with Gasteiger partial charge in [0.2, 0.25) is 0 Å². The van der Waals surface area contributed by atoms with Crippen LogP contribution in [-0.4, -0.2) is 34.8 Å². The van der Waals surface area contributed by atoms with Crippen molar-refractivity contribution >= 4 is 34.9 Å². The van der Waals surface area contributed by atoms with E-state index >= 15 is 0 Å². The molecule has 0 spiro atoms. The third-order valence-electron chi connectivity index (χ3n) is 3.32. The monoisotopic (exact) mass is 319 g/mol. The Hall–Kier alpha value is -2.54. The molecular weight excluding hydrogens is 306 g/mol. The van der Waals surface area contributed by atoms with Gasteiger partial charge in [-0.15, -0.1) is 0 Å². The third-order valence-corrected chi connectivity index (χ3v) is 3.64. The van der Waals surface area contributed by atoms with E-state index in [9.17, 15) is 9.59 Å². The second kappa shape index (κ2) is 5.69. The SMILES string of the molecule is Cn1cc(NC(=O)c2ccc(Cl)c(N3CCNC3=O)c2)cn1. The van der Waals surface area contributed by atoms with Crippen molar-refractivity contribution in [2.75, 3.05) is 23.3 Å². The smallest absolute Gasteiger partial charge is 0.322 e. The van der Waals surface area contributed by atoms with Crippen LogP contribution in [0.4, 0.5) is 16.2 Å². The molecule has 8 heteroatoms. The zero-order chi connectivity index (χ0) is 15.7. The van der Waals surface area contributed by atoms with Gasteiger partial charge in [-0.2, -0.15) is 5.10 Å². The van der Waals surface area contributed by atoms with Gasteiger partial charge in [0.1, 0.15) is 0 Å². The van der Waals surface area contributed by atoms with E-state index < -0.39 is 0 Å². The summed E-state index contributed by atoms with van der Waals surface area (Å²) in [6.45, 7) is 1.08. The summed E-state index contributed by atoms with van der Waals surface area (Å²) in [6.07, 6.45) is 3.26. The van der Waals surface area contributed by atoms with Crippen LogP contribution in [0.2, 0.25) is 5.02 Å². The highest BCUT2D eigenvalue weighted by molar-refractivity contribution is 6.34. The van der Waals surface area contributed by atoms with Gasteiger partial charge in [0.15, 0.2) is 0 Å². The number of rotatable bonds is 3. The molecule has 3 amide bonds. The van der Waals surface area contributed by atoms with E-state index in [2.05, 4.69) is 15.7 Å². The molecule has 7 nitrogen and oxygen atoms in total. The second-order valence-corrected chi connectivity index (χ2v) is 5.31. The van der Waals surface area contributed by atoms with Crippen LogP contribution in [0.15, 0.2) is 30.6 Å². The summed E-state index contributed by atoms with van der Waals surface area (Å²) >= 11 is 6.14. The lowest BCUT2D eigenvalue weighted by Gasteiger charge is -2.16. The fourth-order valence-electron chi connectivity index (χ4n) is 2.25. The lowest BCUT2D eigenvalue weighted by Crippen LogP contribution is -2.28. The molecule has 2 heterocycles. The van der Waals surface area contributed by atoms with Crippen molar-refractivity contribution in [3.8, 4) is 0 Å². The number of nitrogens with one attached hydrogen (secondary N) is 2. The third kappa shape index (κ3) is 2.75. The number of urea groups is 1. The largest absolute Gasteiger partial charge is 0.336 e. The Bertz CT molecular complexity index is 743. The van der Waals surface area contributed by atoms with Crippen LogP contribution in [0.25, 0.3) is 0 Å². The predicted octanol–water partition coefficient (Wildman–Crippen LogP) is 1.86. The maximum Gasteiger partial charge on any atom is 0.322 e. The summed E-state index contributed by atoms with van der Waals surface area (Å²) in [5, 5.41) is 9.86. The number of anilines is 2. The number of carbonyl (C=O) groups is 2. The van der Waals surface area contributed by atoms with Crippen molar-refractivity contribution < 1.29 is 9.59 Å². The molecule has 1 aliphatic heterocycles. The Morgan fingerprint density at radius 3 is 2.91 bits per heavy atom. The fraction of sp³-hybridized carbons (Fsp3) is 0.214. The Morgan fingerprint density at radius 2 is 2.27 bits per heavy atom. The van der Waals surface area contributed by atoms with E-state index in [1.54, 1.807) is 42.3 Å². The lowest BCUT2D eigenvalue weighted by atomic mass is 10.1. The average Bonchev–Trinajstić information content (AvgIpc) is 3.08. The zero-order valence-electron chi connectivity index (χ0n) is 11.8. The standard InChI is InChI=1S/C14H14ClN5O2/c1-19-8-10(7-17-19)18-13(21)9-2-3-11(15)12(6-9)20-5-4-16-14(20)22/h2-3,6-8H,4-5H2,1H3,(H,16,22)(H,18,21). The van der Waals surface area contributed by atoms with Crippen molar-refractivity contribution in [1.29, 1.82) is 0 Å². The number of carbonyl (C=O) groups excluding carboxylic acids is 2. The molecule has 114 valence electrons. The van der Waals surface area contributed by atoms with Gasteiger partial charge >= 0.3 is 6.03 Å². The lowest BCUT2D eigenvalue weighted by molar-refractivity contribution is 0.102. The topological polar surface area (TPSA) is 79.3 Å². The Kier molecular flexibility index (Phi) is 3.72. The molecule has 2 N–H and O–H groups in total. The average molecular weight is 320 g/mol.